The van der Waals surface area contributed by atoms with E-state index in [4.69, 9.17) is 5.84 Å². The Labute approximate surface area is 145 Å². The molecule has 0 bridgehead atoms. The van der Waals surface area contributed by atoms with E-state index in [0.29, 0.717) is 10.9 Å². The molecule has 3 rings (SSSR count). The second kappa shape index (κ2) is 7.27. The van der Waals surface area contributed by atoms with Gasteiger partial charge in [-0.3, -0.25) is 15.0 Å². The third kappa shape index (κ3) is 3.41. The zero-order valence-electron chi connectivity index (χ0n) is 13.6. The van der Waals surface area contributed by atoms with Gasteiger partial charge in [0, 0.05) is 24.6 Å². The molecule has 1 saturated heterocycles. The molecule has 8 nitrogen and oxygen atoms in total. The number of carbonyl (C=O) groups excluding carboxylic acids is 2. The van der Waals surface area contributed by atoms with E-state index in [1.165, 1.54) is 4.31 Å². The van der Waals surface area contributed by atoms with Crippen molar-refractivity contribution in [1.29, 1.82) is 0 Å². The fourth-order valence-corrected chi connectivity index (χ4v) is 3.84. The predicted molar refractivity (Wildman–Crippen MR) is 92.4 cm³/mol. The highest BCUT2D eigenvalue weighted by atomic mass is 32.2. The lowest BCUT2D eigenvalue weighted by molar-refractivity contribution is -0.133. The molecule has 2 unspecified atom stereocenters. The van der Waals surface area contributed by atoms with Crippen molar-refractivity contribution in [3.8, 4) is 0 Å². The van der Waals surface area contributed by atoms with Gasteiger partial charge < -0.3 is 5.32 Å². The molecule has 130 valence electrons. The van der Waals surface area contributed by atoms with Crippen LogP contribution in [0.25, 0.3) is 0 Å². The number of rotatable bonds is 5. The van der Waals surface area contributed by atoms with Crippen molar-refractivity contribution in [1.82, 2.24) is 20.3 Å². The molecule has 9 heteroatoms. The minimum Gasteiger partial charge on any atom is -0.368 e. The van der Waals surface area contributed by atoms with E-state index in [1.807, 2.05) is 12.2 Å². The quantitative estimate of drug-likeness (QED) is 0.222. The lowest BCUT2D eigenvalue weighted by Gasteiger charge is -2.24. The van der Waals surface area contributed by atoms with Crippen LogP contribution < -0.4 is 16.6 Å². The van der Waals surface area contributed by atoms with Crippen LogP contribution in [0.1, 0.15) is 32.6 Å². The van der Waals surface area contributed by atoms with Crippen molar-refractivity contribution in [2.45, 2.75) is 32.6 Å². The van der Waals surface area contributed by atoms with Crippen molar-refractivity contribution in [2.75, 3.05) is 6.54 Å². The Balaban J connectivity index is 1.68. The van der Waals surface area contributed by atoms with E-state index in [0.717, 1.165) is 49.4 Å². The summed E-state index contributed by atoms with van der Waals surface area (Å²) < 4.78 is 1.24. The van der Waals surface area contributed by atoms with Crippen molar-refractivity contribution < 1.29 is 9.59 Å². The second-order valence-corrected chi connectivity index (χ2v) is 6.92. The molecule has 2 atom stereocenters. The topological polar surface area (TPSA) is 103 Å². The Bertz CT molecular complexity index is 617. The number of amidine groups is 1. The zero-order valence-corrected chi connectivity index (χ0v) is 14.4. The molecule has 3 aliphatic rings. The van der Waals surface area contributed by atoms with Gasteiger partial charge in [0.05, 0.1) is 11.8 Å². The summed E-state index contributed by atoms with van der Waals surface area (Å²) in [7, 11) is 0. The van der Waals surface area contributed by atoms with Crippen LogP contribution in [0.15, 0.2) is 28.4 Å². The maximum Gasteiger partial charge on any atom is 0.247 e. The number of unbranched alkanes of at least 4 members (excludes halogenated alkanes) is 1. The van der Waals surface area contributed by atoms with Crippen LogP contribution in [0.3, 0.4) is 0 Å². The van der Waals surface area contributed by atoms with E-state index < -0.39 is 0 Å². The molecule has 1 fully saturated rings. The highest BCUT2D eigenvalue weighted by molar-refractivity contribution is 8.01. The number of hydrogen-bond donors (Lipinski definition) is 3. The van der Waals surface area contributed by atoms with Gasteiger partial charge in [0.1, 0.15) is 5.03 Å². The predicted octanol–water partition coefficient (Wildman–Crippen LogP) is 0.824. The highest BCUT2D eigenvalue weighted by Crippen LogP contribution is 2.39. The summed E-state index contributed by atoms with van der Waals surface area (Å²) >= 11 is 1.06. The number of nitrogens with one attached hydrogen (secondary N) is 2. The Hall–Kier alpha value is -2.00. The third-order valence-electron chi connectivity index (χ3n) is 4.16. The van der Waals surface area contributed by atoms with Crippen LogP contribution >= 0.6 is 11.9 Å². The summed E-state index contributed by atoms with van der Waals surface area (Å²) in [6.45, 7) is 2.89. The van der Waals surface area contributed by atoms with Gasteiger partial charge >= 0.3 is 0 Å². The molecule has 2 amide bonds. The molecule has 2 heterocycles. The van der Waals surface area contributed by atoms with Gasteiger partial charge in [0.25, 0.3) is 0 Å². The van der Waals surface area contributed by atoms with E-state index >= 15 is 0 Å². The maximum atomic E-state index is 12.5. The summed E-state index contributed by atoms with van der Waals surface area (Å²) in [5, 5.41) is 8.94. The van der Waals surface area contributed by atoms with Crippen LogP contribution in [0.2, 0.25) is 0 Å². The van der Waals surface area contributed by atoms with Gasteiger partial charge in [-0.25, -0.2) is 10.1 Å². The minimum absolute atomic E-state index is 0.131. The van der Waals surface area contributed by atoms with Gasteiger partial charge in [-0.1, -0.05) is 25.5 Å². The fourth-order valence-electron chi connectivity index (χ4n) is 2.91. The van der Waals surface area contributed by atoms with E-state index in [2.05, 4.69) is 22.8 Å². The van der Waals surface area contributed by atoms with Gasteiger partial charge in [0.2, 0.25) is 11.8 Å². The number of allylic oxidation sites excluding steroid dienone is 1. The molecule has 4 N–H and O–H groups in total. The Morgan fingerprint density at radius 3 is 3.04 bits per heavy atom. The molecule has 0 aromatic heterocycles. The first-order valence-electron chi connectivity index (χ1n) is 8.18. The Morgan fingerprint density at radius 1 is 1.46 bits per heavy atom. The second-order valence-electron chi connectivity index (χ2n) is 5.93. The normalized spacial score (nSPS) is 26.1. The molecule has 2 aliphatic heterocycles. The van der Waals surface area contributed by atoms with E-state index in [1.54, 1.807) is 6.08 Å². The number of hydrazone groups is 1. The van der Waals surface area contributed by atoms with Crippen LogP contribution in [0.5, 0.6) is 0 Å². The van der Waals surface area contributed by atoms with Crippen LogP contribution in [-0.4, -0.2) is 33.7 Å². The monoisotopic (exact) mass is 350 g/mol. The summed E-state index contributed by atoms with van der Waals surface area (Å²) in [6, 6.07) is 0. The molecular formula is C15H22N6O2S. The zero-order chi connectivity index (χ0) is 17.1. The van der Waals surface area contributed by atoms with Crippen LogP contribution in [-0.2, 0) is 9.59 Å². The number of carbonyl (C=O) groups is 2. The van der Waals surface area contributed by atoms with Crippen LogP contribution in [0.4, 0.5) is 0 Å². The number of hydrazine groups is 2. The number of fused-ring (bicyclic) bond motifs is 1. The number of nitrogens with two attached hydrogens (primary N) is 1. The molecule has 0 aromatic rings. The van der Waals surface area contributed by atoms with Crippen molar-refractivity contribution in [3.05, 3.63) is 23.3 Å². The Kier molecular flexibility index (Phi) is 5.10. The average molecular weight is 350 g/mol. The molecular weight excluding hydrogens is 328 g/mol. The molecule has 0 spiro atoms. The lowest BCUT2D eigenvalue weighted by Crippen LogP contribution is -2.44. The molecule has 0 aromatic carbocycles. The molecule has 1 aliphatic carbocycles. The SMILES string of the molecule is CCCCNC1=NN(N)NC(SN2C(=O)C3C=CCCC3C2=O)=C1. The average Bonchev–Trinajstić information content (AvgIpc) is 2.80. The van der Waals surface area contributed by atoms with E-state index in [-0.39, 0.29) is 23.7 Å². The van der Waals surface area contributed by atoms with E-state index in [9.17, 15) is 9.59 Å². The smallest absolute Gasteiger partial charge is 0.247 e. The first-order valence-corrected chi connectivity index (χ1v) is 8.95. The van der Waals surface area contributed by atoms with Crippen molar-refractivity contribution >= 4 is 29.6 Å². The molecule has 24 heavy (non-hydrogen) atoms. The summed E-state index contributed by atoms with van der Waals surface area (Å²) in [5.74, 6) is 5.47. The fraction of sp³-hybridized carbons (Fsp3) is 0.533. The minimum atomic E-state index is -0.326. The largest absolute Gasteiger partial charge is 0.368 e. The maximum absolute atomic E-state index is 12.5. The molecule has 0 radical (unpaired) electrons. The van der Waals surface area contributed by atoms with Gasteiger partial charge in [-0.05, 0) is 19.3 Å². The summed E-state index contributed by atoms with van der Waals surface area (Å²) in [6.07, 6.45) is 9.24. The lowest BCUT2D eigenvalue weighted by atomic mass is 9.86. The third-order valence-corrected chi connectivity index (χ3v) is 5.11. The number of imide groups is 1. The van der Waals surface area contributed by atoms with Crippen molar-refractivity contribution in [2.24, 2.45) is 22.8 Å². The van der Waals surface area contributed by atoms with Gasteiger partial charge in [-0.15, -0.1) is 10.3 Å². The first-order chi connectivity index (χ1) is 11.6. The number of amides is 2. The molecule has 0 saturated carbocycles. The summed E-state index contributed by atoms with van der Waals surface area (Å²) in [4.78, 5) is 25.0. The summed E-state index contributed by atoms with van der Waals surface area (Å²) in [5.41, 5.74) is 2.83. The number of hydrogen-bond acceptors (Lipinski definition) is 8. The number of nitrogens with zero attached hydrogens (tertiary/aromatic N) is 3. The highest BCUT2D eigenvalue weighted by Gasteiger charge is 2.47. The Morgan fingerprint density at radius 2 is 2.29 bits per heavy atom. The van der Waals surface area contributed by atoms with Crippen molar-refractivity contribution in [3.63, 3.8) is 0 Å². The first kappa shape index (κ1) is 16.8. The van der Waals surface area contributed by atoms with Gasteiger partial charge in [0.15, 0.2) is 5.84 Å². The van der Waals surface area contributed by atoms with Crippen LogP contribution in [0, 0.1) is 11.8 Å². The standard InChI is InChI=1S/C15H22N6O2S/c1-2-3-8-17-12-9-13(19-21(16)18-12)24-20-14(22)10-6-4-5-7-11(10)15(20)23/h4,6,9-11,19H,2-3,5,7-8,16H2,1H3,(H,17,18). The van der Waals surface area contributed by atoms with Gasteiger partial charge in [-0.2, -0.15) is 0 Å².